The Labute approximate surface area is 230 Å². The highest BCUT2D eigenvalue weighted by Gasteiger charge is 2.33. The molecule has 3 aromatic carbocycles. The molecule has 206 valence electrons. The molecule has 2 atom stereocenters. The first-order chi connectivity index (χ1) is 19.2. The number of benzene rings is 3. The van der Waals surface area contributed by atoms with Crippen molar-refractivity contribution in [1.82, 2.24) is 14.9 Å². The number of Topliss-reactive ketones (excluding diaryl/α,β-unsaturated/α-hetero) is 1. The summed E-state index contributed by atoms with van der Waals surface area (Å²) in [5, 5.41) is 12.9. The van der Waals surface area contributed by atoms with Crippen LogP contribution in [0.15, 0.2) is 96.1 Å². The maximum Gasteiger partial charge on any atom is 0.305 e. The number of carboxylic acids is 1. The van der Waals surface area contributed by atoms with E-state index in [0.29, 0.717) is 21.5 Å². The molecule has 0 fully saturated rings. The normalized spacial score (nSPS) is 12.9. The number of rotatable bonds is 12. The second kappa shape index (κ2) is 12.6. The third-order valence-electron chi connectivity index (χ3n) is 6.38. The standard InChI is InChI=1S/C29H28N3O7P/c1-2-25(32-19-30-23-16-10-9-15-22(23)29(32)37)28(36)31-24(17-27(34)35)26(33)18-39-40(38,20-11-5-3-6-12-20)21-13-7-4-8-14-21/h3-16,19,24-25H,2,17-18H2,1H3,(H,31,36)(H,34,35)/t24-,25-/m0/s1. The van der Waals surface area contributed by atoms with Crippen LogP contribution in [0.4, 0.5) is 0 Å². The van der Waals surface area contributed by atoms with E-state index in [9.17, 15) is 28.8 Å². The number of nitrogens with zero attached hydrogens (tertiary/aromatic N) is 2. The third kappa shape index (κ3) is 6.25. The van der Waals surface area contributed by atoms with Gasteiger partial charge in [0.1, 0.15) is 18.7 Å². The highest BCUT2D eigenvalue weighted by Crippen LogP contribution is 2.44. The largest absolute Gasteiger partial charge is 0.481 e. The van der Waals surface area contributed by atoms with Gasteiger partial charge in [-0.15, -0.1) is 0 Å². The number of carbonyl (C=O) groups excluding carboxylic acids is 2. The van der Waals surface area contributed by atoms with Crippen LogP contribution in [0.2, 0.25) is 0 Å². The van der Waals surface area contributed by atoms with Crippen molar-refractivity contribution in [3.05, 3.63) is 102 Å². The van der Waals surface area contributed by atoms with E-state index in [-0.39, 0.29) is 6.42 Å². The Hall–Kier alpha value is -4.40. The summed E-state index contributed by atoms with van der Waals surface area (Å²) in [4.78, 5) is 55.3. The van der Waals surface area contributed by atoms with Gasteiger partial charge in [-0.2, -0.15) is 0 Å². The van der Waals surface area contributed by atoms with E-state index in [1.54, 1.807) is 91.9 Å². The van der Waals surface area contributed by atoms with E-state index in [4.69, 9.17) is 4.52 Å². The lowest BCUT2D eigenvalue weighted by atomic mass is 10.1. The molecule has 1 aromatic heterocycles. The minimum atomic E-state index is -3.72. The number of para-hydroxylation sites is 1. The number of fused-ring (bicyclic) bond motifs is 1. The number of nitrogens with one attached hydrogen (secondary N) is 1. The SMILES string of the molecule is CC[C@@H](C(=O)N[C@@H](CC(=O)O)C(=O)COP(=O)(c1ccccc1)c1ccccc1)n1cnc2ccccc2c1=O. The van der Waals surface area contributed by atoms with Gasteiger partial charge in [0.15, 0.2) is 5.78 Å². The van der Waals surface area contributed by atoms with Crippen molar-refractivity contribution in [1.29, 1.82) is 0 Å². The van der Waals surface area contributed by atoms with Gasteiger partial charge in [0, 0.05) is 10.6 Å². The molecule has 4 rings (SSSR count). The molecule has 0 unspecified atom stereocenters. The Morgan fingerprint density at radius 1 is 0.950 bits per heavy atom. The first-order valence-electron chi connectivity index (χ1n) is 12.6. The molecule has 11 heteroatoms. The van der Waals surface area contributed by atoms with E-state index in [2.05, 4.69) is 10.3 Å². The molecule has 0 aliphatic rings. The zero-order chi connectivity index (χ0) is 28.7. The van der Waals surface area contributed by atoms with Crippen LogP contribution < -0.4 is 21.5 Å². The van der Waals surface area contributed by atoms with E-state index in [1.165, 1.54) is 6.33 Å². The van der Waals surface area contributed by atoms with Gasteiger partial charge >= 0.3 is 5.97 Å². The molecule has 10 nitrogen and oxygen atoms in total. The topological polar surface area (TPSA) is 145 Å². The molecule has 4 aromatic rings. The molecule has 0 saturated heterocycles. The third-order valence-corrected chi connectivity index (χ3v) is 8.83. The fourth-order valence-corrected chi connectivity index (χ4v) is 6.34. The van der Waals surface area contributed by atoms with E-state index >= 15 is 0 Å². The van der Waals surface area contributed by atoms with Crippen LogP contribution in [0, 0.1) is 0 Å². The number of amides is 1. The number of hydrogen-bond acceptors (Lipinski definition) is 7. The first kappa shape index (κ1) is 28.6. The van der Waals surface area contributed by atoms with Crippen LogP contribution in [-0.4, -0.2) is 45.0 Å². The Bertz CT molecular complexity index is 1580. The highest BCUT2D eigenvalue weighted by molar-refractivity contribution is 7.74. The maximum absolute atomic E-state index is 14.0. The van der Waals surface area contributed by atoms with Crippen molar-refractivity contribution < 1.29 is 28.6 Å². The summed E-state index contributed by atoms with van der Waals surface area (Å²) in [7, 11) is -3.72. The minimum absolute atomic E-state index is 0.174. The van der Waals surface area contributed by atoms with E-state index in [0.717, 1.165) is 4.57 Å². The lowest BCUT2D eigenvalue weighted by Crippen LogP contribution is -2.47. The fraction of sp³-hybridized carbons (Fsp3) is 0.207. The molecule has 0 aliphatic heterocycles. The zero-order valence-electron chi connectivity index (χ0n) is 21.7. The molecule has 40 heavy (non-hydrogen) atoms. The van der Waals surface area contributed by atoms with Crippen LogP contribution >= 0.6 is 7.37 Å². The van der Waals surface area contributed by atoms with E-state index < -0.39 is 55.7 Å². The van der Waals surface area contributed by atoms with Crippen molar-refractivity contribution in [3.63, 3.8) is 0 Å². The minimum Gasteiger partial charge on any atom is -0.481 e. The highest BCUT2D eigenvalue weighted by atomic mass is 31.2. The number of carboxylic acid groups (broad SMARTS) is 1. The fourth-order valence-electron chi connectivity index (χ4n) is 4.30. The Kier molecular flexibility index (Phi) is 9.04. The molecule has 0 aliphatic carbocycles. The monoisotopic (exact) mass is 561 g/mol. The number of carbonyl (C=O) groups is 3. The van der Waals surface area contributed by atoms with Gasteiger partial charge in [-0.05, 0) is 42.8 Å². The Morgan fingerprint density at radius 2 is 1.52 bits per heavy atom. The zero-order valence-corrected chi connectivity index (χ0v) is 22.6. The Balaban J connectivity index is 1.57. The van der Waals surface area contributed by atoms with Gasteiger partial charge in [-0.3, -0.25) is 28.3 Å². The summed E-state index contributed by atoms with van der Waals surface area (Å²) in [6.45, 7) is 0.965. The van der Waals surface area contributed by atoms with Gasteiger partial charge < -0.3 is 14.9 Å². The smallest absolute Gasteiger partial charge is 0.305 e. The maximum atomic E-state index is 14.0. The van der Waals surface area contributed by atoms with Crippen LogP contribution in [0.25, 0.3) is 10.9 Å². The second-order valence-corrected chi connectivity index (χ2v) is 11.4. The number of ketones is 1. The molecule has 1 amide bonds. The molecular formula is C29H28N3O7P. The molecule has 1 heterocycles. The summed E-state index contributed by atoms with van der Waals surface area (Å²) in [6, 6.07) is 20.9. The van der Waals surface area contributed by atoms with E-state index in [1.807, 2.05) is 0 Å². The van der Waals surface area contributed by atoms with Gasteiger partial charge in [0.05, 0.1) is 23.7 Å². The van der Waals surface area contributed by atoms with Gasteiger partial charge in [0.25, 0.3) is 12.9 Å². The summed E-state index contributed by atoms with van der Waals surface area (Å²) in [6.07, 6.45) is 0.704. The summed E-state index contributed by atoms with van der Waals surface area (Å²) >= 11 is 0. The average molecular weight is 562 g/mol. The first-order valence-corrected chi connectivity index (χ1v) is 14.2. The van der Waals surface area contributed by atoms with Crippen molar-refractivity contribution >= 4 is 46.5 Å². The van der Waals surface area contributed by atoms with Crippen LogP contribution in [-0.2, 0) is 23.5 Å². The number of aromatic nitrogens is 2. The lowest BCUT2D eigenvalue weighted by Gasteiger charge is -2.23. The Morgan fingerprint density at radius 3 is 2.10 bits per heavy atom. The summed E-state index contributed by atoms with van der Waals surface area (Å²) in [5.74, 6) is -2.83. The predicted octanol–water partition coefficient (Wildman–Crippen LogP) is 2.82. The molecule has 0 bridgehead atoms. The number of hydrogen-bond donors (Lipinski definition) is 2. The number of aliphatic carboxylic acids is 1. The van der Waals surface area contributed by atoms with Crippen LogP contribution in [0.1, 0.15) is 25.8 Å². The van der Waals surface area contributed by atoms with Crippen molar-refractivity contribution in [2.45, 2.75) is 31.8 Å². The molecule has 0 spiro atoms. The van der Waals surface area contributed by atoms with Crippen LogP contribution in [0.3, 0.4) is 0 Å². The van der Waals surface area contributed by atoms with Crippen molar-refractivity contribution in [2.75, 3.05) is 6.61 Å². The molecule has 0 radical (unpaired) electrons. The molecule has 2 N–H and O–H groups in total. The predicted molar refractivity (Wildman–Crippen MR) is 150 cm³/mol. The molecule has 0 saturated carbocycles. The quantitative estimate of drug-likeness (QED) is 0.251. The lowest BCUT2D eigenvalue weighted by molar-refractivity contribution is -0.140. The second-order valence-electron chi connectivity index (χ2n) is 9.02. The average Bonchev–Trinajstić information content (AvgIpc) is 2.97. The molecular weight excluding hydrogens is 533 g/mol. The van der Waals surface area contributed by atoms with Crippen molar-refractivity contribution in [3.8, 4) is 0 Å². The summed E-state index contributed by atoms with van der Waals surface area (Å²) < 4.78 is 21.0. The van der Waals surface area contributed by atoms with Gasteiger partial charge in [-0.1, -0.05) is 55.5 Å². The van der Waals surface area contributed by atoms with Gasteiger partial charge in [0.2, 0.25) is 5.91 Å². The van der Waals surface area contributed by atoms with Crippen molar-refractivity contribution in [2.24, 2.45) is 0 Å². The van der Waals surface area contributed by atoms with Gasteiger partial charge in [-0.25, -0.2) is 4.98 Å². The van der Waals surface area contributed by atoms with Crippen LogP contribution in [0.5, 0.6) is 0 Å². The summed E-state index contributed by atoms with van der Waals surface area (Å²) in [5.41, 5.74) is 0.0278.